The van der Waals surface area contributed by atoms with Crippen molar-refractivity contribution in [2.24, 2.45) is 45.8 Å². The normalized spacial score (nSPS) is 45.9. The molecule has 0 unspecified atom stereocenters. The summed E-state index contributed by atoms with van der Waals surface area (Å²) in [5.74, 6) is 1.21. The smallest absolute Gasteiger partial charge is 0.306 e. The molecular formula is C26H36O5. The van der Waals surface area contributed by atoms with Crippen molar-refractivity contribution >= 4 is 11.9 Å². The largest absolute Gasteiger partial charge is 0.481 e. The van der Waals surface area contributed by atoms with Crippen molar-refractivity contribution in [3.8, 4) is 0 Å². The molecule has 0 aromatic carbocycles. The summed E-state index contributed by atoms with van der Waals surface area (Å²) < 4.78 is 11.3. The molecule has 31 heavy (non-hydrogen) atoms. The molecule has 0 radical (unpaired) electrons. The molecule has 4 fully saturated rings. The zero-order valence-corrected chi connectivity index (χ0v) is 19.2. The number of hydrogen-bond acceptors (Lipinski definition) is 4. The molecule has 2 bridgehead atoms. The Kier molecular flexibility index (Phi) is 4.66. The highest BCUT2D eigenvalue weighted by molar-refractivity contribution is 5.71. The minimum atomic E-state index is -0.679. The number of carbonyl (C=O) groups is 2. The van der Waals surface area contributed by atoms with Crippen molar-refractivity contribution in [2.75, 3.05) is 0 Å². The lowest BCUT2D eigenvalue weighted by molar-refractivity contribution is -0.216. The van der Waals surface area contributed by atoms with Gasteiger partial charge in [-0.25, -0.2) is 0 Å². The van der Waals surface area contributed by atoms with Gasteiger partial charge in [-0.05, 0) is 78.6 Å². The highest BCUT2D eigenvalue weighted by atomic mass is 16.5. The van der Waals surface area contributed by atoms with Crippen LogP contribution >= 0.6 is 0 Å². The van der Waals surface area contributed by atoms with Crippen LogP contribution in [0, 0.1) is 45.8 Å². The number of carboxylic acids is 1. The summed E-state index contributed by atoms with van der Waals surface area (Å²) in [7, 11) is 0. The standard InChI is InChI=1S/C26H36O5/c1-24(2)12-15-9-17-18(26(4,13-15)20(24)11-21(27)28)5-7-25(3)19(17)10-22(29)31-23(25)16-6-8-30-14-16/h6,8,14-15,17-20,23H,5,7,9-13H2,1-4H3,(H,27,28)/t15-,17+,18-,19-,20-,23-,25+,26+/m0/s1. The number of carbonyl (C=O) groups excluding carboxylic acids is 1. The van der Waals surface area contributed by atoms with Gasteiger partial charge in [0.1, 0.15) is 6.10 Å². The van der Waals surface area contributed by atoms with Crippen molar-refractivity contribution in [2.45, 2.75) is 78.7 Å². The Morgan fingerprint density at radius 3 is 2.61 bits per heavy atom. The predicted octanol–water partition coefficient (Wildman–Crippen LogP) is 5.85. The van der Waals surface area contributed by atoms with Gasteiger partial charge in [0.2, 0.25) is 0 Å². The van der Waals surface area contributed by atoms with E-state index >= 15 is 0 Å². The highest BCUT2D eigenvalue weighted by Crippen LogP contribution is 2.70. The second kappa shape index (κ2) is 6.86. The summed E-state index contributed by atoms with van der Waals surface area (Å²) in [6.07, 6.45) is 9.34. The fourth-order valence-electron chi connectivity index (χ4n) is 9.12. The molecule has 1 saturated heterocycles. The number of hydrogen-bond donors (Lipinski definition) is 1. The molecule has 3 saturated carbocycles. The Hall–Kier alpha value is -1.78. The van der Waals surface area contributed by atoms with Crippen LogP contribution in [0.4, 0.5) is 0 Å². The molecule has 1 aromatic rings. The number of rotatable bonds is 3. The molecule has 3 aliphatic carbocycles. The topological polar surface area (TPSA) is 76.7 Å². The van der Waals surface area contributed by atoms with Crippen LogP contribution in [-0.4, -0.2) is 17.0 Å². The van der Waals surface area contributed by atoms with Crippen LogP contribution in [0.2, 0.25) is 0 Å². The van der Waals surface area contributed by atoms with Gasteiger partial charge in [-0.15, -0.1) is 0 Å². The van der Waals surface area contributed by atoms with Crippen LogP contribution in [-0.2, 0) is 14.3 Å². The molecule has 1 N–H and O–H groups in total. The molecule has 2 heterocycles. The Labute approximate surface area is 184 Å². The predicted molar refractivity (Wildman–Crippen MR) is 115 cm³/mol. The Morgan fingerprint density at radius 2 is 1.94 bits per heavy atom. The van der Waals surface area contributed by atoms with Crippen LogP contribution in [0.3, 0.4) is 0 Å². The summed E-state index contributed by atoms with van der Waals surface area (Å²) in [5, 5.41) is 9.74. The molecule has 4 aliphatic rings. The first-order valence-corrected chi connectivity index (χ1v) is 12.0. The number of fused-ring (bicyclic) bond motifs is 6. The third kappa shape index (κ3) is 3.09. The van der Waals surface area contributed by atoms with Crippen LogP contribution in [0.5, 0.6) is 0 Å². The molecule has 5 nitrogen and oxygen atoms in total. The van der Waals surface area contributed by atoms with E-state index in [1.54, 1.807) is 12.5 Å². The van der Waals surface area contributed by atoms with Crippen molar-refractivity contribution in [1.82, 2.24) is 0 Å². The first-order chi connectivity index (χ1) is 14.5. The summed E-state index contributed by atoms with van der Waals surface area (Å²) in [4.78, 5) is 24.6. The molecule has 1 aliphatic heterocycles. The minimum Gasteiger partial charge on any atom is -0.481 e. The minimum absolute atomic E-state index is 0.0154. The summed E-state index contributed by atoms with van der Waals surface area (Å²) >= 11 is 0. The molecule has 1 aromatic heterocycles. The number of furan rings is 1. The summed E-state index contributed by atoms with van der Waals surface area (Å²) in [6.45, 7) is 9.25. The number of esters is 1. The van der Waals surface area contributed by atoms with E-state index in [1.165, 1.54) is 0 Å². The van der Waals surface area contributed by atoms with E-state index in [2.05, 4.69) is 27.7 Å². The van der Waals surface area contributed by atoms with Crippen LogP contribution in [0.15, 0.2) is 23.0 Å². The van der Waals surface area contributed by atoms with Gasteiger partial charge in [0.05, 0.1) is 12.5 Å². The maximum Gasteiger partial charge on any atom is 0.306 e. The quantitative estimate of drug-likeness (QED) is 0.611. The van der Waals surface area contributed by atoms with Crippen molar-refractivity contribution in [3.63, 3.8) is 0 Å². The van der Waals surface area contributed by atoms with Gasteiger partial charge in [-0.1, -0.05) is 27.7 Å². The van der Waals surface area contributed by atoms with Crippen molar-refractivity contribution in [3.05, 3.63) is 24.2 Å². The second-order valence-electron chi connectivity index (χ2n) is 12.2. The van der Waals surface area contributed by atoms with E-state index in [0.29, 0.717) is 24.2 Å². The number of ether oxygens (including phenoxy) is 1. The Balaban J connectivity index is 1.53. The summed E-state index contributed by atoms with van der Waals surface area (Å²) in [5.41, 5.74) is 0.915. The van der Waals surface area contributed by atoms with Gasteiger partial charge in [-0.2, -0.15) is 0 Å². The van der Waals surface area contributed by atoms with Gasteiger partial charge < -0.3 is 14.3 Å². The molecule has 0 amide bonds. The fraction of sp³-hybridized carbons (Fsp3) is 0.769. The molecule has 170 valence electrons. The number of aliphatic carboxylic acids is 1. The van der Waals surface area contributed by atoms with Gasteiger partial charge in [0.25, 0.3) is 0 Å². The average molecular weight is 429 g/mol. The zero-order valence-electron chi connectivity index (χ0n) is 19.2. The van der Waals surface area contributed by atoms with E-state index < -0.39 is 5.97 Å². The molecular weight excluding hydrogens is 392 g/mol. The lowest BCUT2D eigenvalue weighted by Gasteiger charge is -2.66. The molecule has 5 heteroatoms. The SMILES string of the molecule is CC1(C)C[C@@H]2C[C@H]3[C@@H]4CC(=O)O[C@@H](c5ccoc5)[C@]4(C)CC[C@@H]3[C@@](C)(C2)[C@H]1CC(=O)O. The maximum absolute atomic E-state index is 12.7. The van der Waals surface area contributed by atoms with Gasteiger partial charge in [0.15, 0.2) is 0 Å². The van der Waals surface area contributed by atoms with Crippen LogP contribution in [0.25, 0.3) is 0 Å². The highest BCUT2D eigenvalue weighted by Gasteiger charge is 2.64. The van der Waals surface area contributed by atoms with Gasteiger partial charge in [-0.3, -0.25) is 9.59 Å². The van der Waals surface area contributed by atoms with Crippen LogP contribution in [0.1, 0.15) is 84.3 Å². The van der Waals surface area contributed by atoms with E-state index in [4.69, 9.17) is 9.15 Å². The summed E-state index contributed by atoms with van der Waals surface area (Å²) in [6, 6.07) is 1.93. The second-order valence-corrected chi connectivity index (χ2v) is 12.2. The maximum atomic E-state index is 12.7. The average Bonchev–Trinajstić information content (AvgIpc) is 3.19. The van der Waals surface area contributed by atoms with Gasteiger partial charge >= 0.3 is 11.9 Å². The fourth-order valence-corrected chi connectivity index (χ4v) is 9.12. The number of carboxylic acid groups (broad SMARTS) is 1. The van der Waals surface area contributed by atoms with Gasteiger partial charge in [0, 0.05) is 23.8 Å². The van der Waals surface area contributed by atoms with Crippen molar-refractivity contribution < 1.29 is 23.8 Å². The zero-order chi connectivity index (χ0) is 22.2. The van der Waals surface area contributed by atoms with Crippen molar-refractivity contribution in [1.29, 1.82) is 0 Å². The third-order valence-corrected chi connectivity index (χ3v) is 10.1. The van der Waals surface area contributed by atoms with E-state index in [9.17, 15) is 14.7 Å². The number of cyclic esters (lactones) is 1. The molecule has 0 spiro atoms. The monoisotopic (exact) mass is 428 g/mol. The first kappa shape index (κ1) is 21.1. The Bertz CT molecular complexity index is 872. The van der Waals surface area contributed by atoms with E-state index in [1.807, 2.05) is 6.07 Å². The Morgan fingerprint density at radius 1 is 1.16 bits per heavy atom. The lowest BCUT2D eigenvalue weighted by atomic mass is 9.38. The lowest BCUT2D eigenvalue weighted by Crippen LogP contribution is -2.60. The van der Waals surface area contributed by atoms with E-state index in [0.717, 1.165) is 37.7 Å². The third-order valence-electron chi connectivity index (χ3n) is 10.1. The van der Waals surface area contributed by atoms with E-state index in [-0.39, 0.29) is 46.6 Å². The van der Waals surface area contributed by atoms with Crippen LogP contribution < -0.4 is 0 Å². The molecule has 5 rings (SSSR count). The molecule has 8 atom stereocenters. The first-order valence-electron chi connectivity index (χ1n) is 12.0.